The minimum absolute atomic E-state index is 0.0337. The molecule has 0 N–H and O–H groups in total. The van der Waals surface area contributed by atoms with E-state index in [1.807, 2.05) is 48.9 Å². The van der Waals surface area contributed by atoms with E-state index in [9.17, 15) is 0 Å². The highest BCUT2D eigenvalue weighted by atomic mass is 28.2. The first-order chi connectivity index (χ1) is 19.3. The van der Waals surface area contributed by atoms with Gasteiger partial charge in [-0.25, -0.2) is 4.98 Å². The van der Waals surface area contributed by atoms with E-state index >= 15 is 0 Å². The van der Waals surface area contributed by atoms with Gasteiger partial charge in [-0.1, -0.05) is 147 Å². The molecule has 6 rings (SSSR count). The van der Waals surface area contributed by atoms with E-state index in [2.05, 4.69) is 101 Å². The summed E-state index contributed by atoms with van der Waals surface area (Å²) in [5, 5.41) is -0.0337. The van der Waals surface area contributed by atoms with E-state index in [-0.39, 0.29) is 5.16 Å². The molecule has 5 aromatic rings. The summed E-state index contributed by atoms with van der Waals surface area (Å²) in [4.78, 5) is 4.40. The van der Waals surface area contributed by atoms with Crippen molar-refractivity contribution in [2.45, 2.75) is 36.4 Å². The van der Waals surface area contributed by atoms with Gasteiger partial charge in [0.25, 0.3) is 0 Å². The van der Waals surface area contributed by atoms with Crippen molar-refractivity contribution in [1.29, 1.82) is 0 Å². The number of rotatable bonds is 7. The van der Waals surface area contributed by atoms with Gasteiger partial charge >= 0.3 is 0 Å². The van der Waals surface area contributed by atoms with Gasteiger partial charge in [-0.05, 0) is 33.4 Å². The normalized spacial score (nSPS) is 13.6. The maximum atomic E-state index is 5.67. The summed E-state index contributed by atoms with van der Waals surface area (Å²) in [6, 6.07) is 42.4. The quantitative estimate of drug-likeness (QED) is 0.204. The number of hydrogen-bond acceptors (Lipinski definition) is 1. The van der Waals surface area contributed by atoms with Crippen LogP contribution in [0.2, 0.25) is 5.54 Å². The summed E-state index contributed by atoms with van der Waals surface area (Å²) >= 11 is 0. The summed E-state index contributed by atoms with van der Waals surface area (Å²) in [5.74, 6) is 1.66. The predicted octanol–water partition coefficient (Wildman–Crippen LogP) is 7.41. The van der Waals surface area contributed by atoms with Crippen molar-refractivity contribution >= 4 is 22.9 Å². The molecule has 1 heterocycles. The molecule has 1 aromatic heterocycles. The zero-order chi connectivity index (χ0) is 26.8. The fraction of sp³-hybridized carbons (Fsp3) is 0.171. The van der Waals surface area contributed by atoms with Crippen LogP contribution < -0.4 is 0 Å². The van der Waals surface area contributed by atoms with Crippen molar-refractivity contribution in [3.63, 3.8) is 0 Å². The Morgan fingerprint density at radius 2 is 1.18 bits per heavy atom. The van der Waals surface area contributed by atoms with Crippen LogP contribution in [0.3, 0.4) is 0 Å². The first kappa shape index (κ1) is 26.7. The summed E-state index contributed by atoms with van der Waals surface area (Å²) in [7, 11) is 5.23. The van der Waals surface area contributed by atoms with Gasteiger partial charge in [-0.3, -0.25) is 0 Å². The molecular formula is C35H35BN2Si. The summed E-state index contributed by atoms with van der Waals surface area (Å²) in [5.41, 5.74) is 7.09. The van der Waals surface area contributed by atoms with Crippen LogP contribution in [-0.4, -0.2) is 26.9 Å². The summed E-state index contributed by atoms with van der Waals surface area (Å²) in [6.45, 7) is 0. The first-order valence-corrected chi connectivity index (χ1v) is 15.5. The monoisotopic (exact) mass is 522 g/mol. The SMILES string of the molecule is [B]C=C(c1ccccc1)c1ccccc1.c1ccc(C([SiH2]C2CCCC2)(c2ccccc2)n2ccnc2)cc1. The minimum atomic E-state index is -0.448. The van der Waals surface area contributed by atoms with Crippen molar-refractivity contribution < 1.29 is 0 Å². The van der Waals surface area contributed by atoms with Gasteiger partial charge in [-0.15, -0.1) is 5.98 Å². The molecule has 1 saturated carbocycles. The van der Waals surface area contributed by atoms with Crippen LogP contribution in [0.15, 0.2) is 146 Å². The Morgan fingerprint density at radius 1 is 0.718 bits per heavy atom. The standard InChI is InChI=1S/C21H24N2Si.C14H11B/c1-3-9-18(10-4-1)21(23-16-15-22-17-23,19-11-5-2-6-12-19)24-20-13-7-8-14-20;15-11-14(12-7-3-1-4-8-12)13-9-5-2-6-10-13/h1-6,9-12,15-17,20H,7-8,13-14,24H2;1-11H. The smallest absolute Gasteiger partial charge is 0.103 e. The molecule has 0 amide bonds. The van der Waals surface area contributed by atoms with E-state index < -0.39 is 9.52 Å². The van der Waals surface area contributed by atoms with Crippen LogP contribution in [0.5, 0.6) is 0 Å². The highest BCUT2D eigenvalue weighted by Gasteiger charge is 2.39. The summed E-state index contributed by atoms with van der Waals surface area (Å²) < 4.78 is 2.38. The van der Waals surface area contributed by atoms with Gasteiger partial charge in [0.05, 0.1) is 21.0 Å². The van der Waals surface area contributed by atoms with E-state index in [1.54, 1.807) is 5.98 Å². The number of hydrogen-bond donors (Lipinski definition) is 0. The van der Waals surface area contributed by atoms with E-state index in [0.29, 0.717) is 0 Å². The Bertz CT molecular complexity index is 1330. The second-order valence-corrected chi connectivity index (χ2v) is 12.8. The topological polar surface area (TPSA) is 17.8 Å². The van der Waals surface area contributed by atoms with Crippen molar-refractivity contribution in [2.24, 2.45) is 0 Å². The first-order valence-electron chi connectivity index (χ1n) is 13.9. The lowest BCUT2D eigenvalue weighted by molar-refractivity contribution is 0.579. The van der Waals surface area contributed by atoms with Crippen molar-refractivity contribution in [2.75, 3.05) is 0 Å². The van der Waals surface area contributed by atoms with Gasteiger partial charge in [0.1, 0.15) is 7.85 Å². The lowest BCUT2D eigenvalue weighted by atomic mass is 9.92. The third-order valence-corrected chi connectivity index (χ3v) is 11.0. The molecule has 0 atom stereocenters. The highest BCUT2D eigenvalue weighted by Crippen LogP contribution is 2.40. The van der Waals surface area contributed by atoms with Crippen LogP contribution in [0, 0.1) is 0 Å². The second-order valence-electron chi connectivity index (χ2n) is 10.2. The van der Waals surface area contributed by atoms with Crippen LogP contribution in [0.4, 0.5) is 0 Å². The second kappa shape index (κ2) is 13.3. The summed E-state index contributed by atoms with van der Waals surface area (Å²) in [6.07, 6.45) is 11.7. The van der Waals surface area contributed by atoms with Crippen LogP contribution >= 0.6 is 0 Å². The van der Waals surface area contributed by atoms with Gasteiger partial charge < -0.3 is 4.57 Å². The lowest BCUT2D eigenvalue weighted by Gasteiger charge is -2.38. The Hall–Kier alpha value is -3.89. The fourth-order valence-corrected chi connectivity index (χ4v) is 9.11. The number of benzene rings is 4. The molecule has 4 aromatic carbocycles. The van der Waals surface area contributed by atoms with Crippen LogP contribution in [0.1, 0.15) is 47.9 Å². The Morgan fingerprint density at radius 3 is 1.59 bits per heavy atom. The Labute approximate surface area is 236 Å². The molecule has 1 aliphatic rings. The number of imidazole rings is 1. The third-order valence-electron chi connectivity index (χ3n) is 7.84. The van der Waals surface area contributed by atoms with Crippen molar-refractivity contribution in [3.8, 4) is 0 Å². The van der Waals surface area contributed by atoms with E-state index in [4.69, 9.17) is 7.85 Å². The van der Waals surface area contributed by atoms with Gasteiger partial charge in [0, 0.05) is 12.4 Å². The Kier molecular flexibility index (Phi) is 9.08. The predicted molar refractivity (Wildman–Crippen MR) is 168 cm³/mol. The largest absolute Gasteiger partial charge is 0.327 e. The molecule has 1 aliphatic carbocycles. The maximum absolute atomic E-state index is 5.67. The zero-order valence-corrected chi connectivity index (χ0v) is 23.9. The zero-order valence-electron chi connectivity index (χ0n) is 22.4. The molecule has 0 saturated heterocycles. The molecule has 0 spiro atoms. The Balaban J connectivity index is 0.000000177. The van der Waals surface area contributed by atoms with Gasteiger partial charge in [0.15, 0.2) is 0 Å². The molecule has 0 aliphatic heterocycles. The number of aromatic nitrogens is 2. The molecule has 39 heavy (non-hydrogen) atoms. The maximum Gasteiger partial charge on any atom is 0.103 e. The molecular weight excluding hydrogens is 487 g/mol. The van der Waals surface area contributed by atoms with Crippen LogP contribution in [0.25, 0.3) is 5.57 Å². The molecule has 2 radical (unpaired) electrons. The van der Waals surface area contributed by atoms with E-state index in [1.165, 1.54) is 36.8 Å². The van der Waals surface area contributed by atoms with Gasteiger partial charge in [0.2, 0.25) is 0 Å². The molecule has 4 heteroatoms. The molecule has 0 bridgehead atoms. The average molecular weight is 523 g/mol. The third kappa shape index (κ3) is 6.23. The van der Waals surface area contributed by atoms with Crippen molar-refractivity contribution in [1.82, 2.24) is 9.55 Å². The molecule has 192 valence electrons. The highest BCUT2D eigenvalue weighted by molar-refractivity contribution is 6.43. The molecule has 0 unspecified atom stereocenters. The number of nitrogens with zero attached hydrogens (tertiary/aromatic N) is 2. The lowest BCUT2D eigenvalue weighted by Crippen LogP contribution is -2.43. The fourth-order valence-electron chi connectivity index (χ4n) is 5.95. The average Bonchev–Trinajstić information content (AvgIpc) is 3.74. The minimum Gasteiger partial charge on any atom is -0.327 e. The van der Waals surface area contributed by atoms with Gasteiger partial charge in [-0.2, -0.15) is 0 Å². The molecule has 2 nitrogen and oxygen atoms in total. The van der Waals surface area contributed by atoms with E-state index in [0.717, 1.165) is 22.2 Å². The van der Waals surface area contributed by atoms with Crippen molar-refractivity contribution in [3.05, 3.63) is 168 Å². The van der Waals surface area contributed by atoms with Crippen LogP contribution in [-0.2, 0) is 5.16 Å². The molecule has 1 fully saturated rings.